The van der Waals surface area contributed by atoms with Crippen LogP contribution in [0.15, 0.2) is 15.5 Å². The molecule has 1 fully saturated rings. The highest BCUT2D eigenvalue weighted by molar-refractivity contribution is 9.10. The molecule has 0 saturated heterocycles. The Morgan fingerprint density at radius 3 is 2.89 bits per heavy atom. The molecule has 3 rings (SSSR count). The fraction of sp³-hybridized carbons (Fsp3) is 0.500. The maximum Gasteiger partial charge on any atom is 0.235 e. The molecule has 1 aromatic carbocycles. The molecule has 1 aliphatic heterocycles. The molecule has 1 heterocycles. The van der Waals surface area contributed by atoms with Crippen molar-refractivity contribution in [2.45, 2.75) is 31.2 Å². The first-order valence-electron chi connectivity index (χ1n) is 6.33. The van der Waals surface area contributed by atoms with E-state index in [0.29, 0.717) is 6.61 Å². The van der Waals surface area contributed by atoms with Crippen molar-refractivity contribution in [2.75, 3.05) is 13.7 Å². The molecule has 0 amide bonds. The van der Waals surface area contributed by atoms with Gasteiger partial charge in [0.2, 0.25) is 6.08 Å². The van der Waals surface area contributed by atoms with Crippen LogP contribution in [0, 0.1) is 0 Å². The van der Waals surface area contributed by atoms with Crippen LogP contribution in [0.2, 0.25) is 0 Å². The van der Waals surface area contributed by atoms with Crippen molar-refractivity contribution in [3.8, 4) is 11.5 Å². The van der Waals surface area contributed by atoms with Crippen LogP contribution < -0.4 is 9.47 Å². The highest BCUT2D eigenvalue weighted by atomic mass is 79.9. The number of rotatable bonds is 3. The van der Waals surface area contributed by atoms with Crippen LogP contribution in [0.5, 0.6) is 11.5 Å². The van der Waals surface area contributed by atoms with E-state index in [-0.39, 0.29) is 0 Å². The lowest BCUT2D eigenvalue weighted by Crippen LogP contribution is -2.32. The first-order chi connectivity index (χ1) is 9.22. The summed E-state index contributed by atoms with van der Waals surface area (Å²) in [6.45, 7) is 0.664. The van der Waals surface area contributed by atoms with Gasteiger partial charge < -0.3 is 9.47 Å². The predicted molar refractivity (Wildman–Crippen MR) is 73.5 cm³/mol. The van der Waals surface area contributed by atoms with Gasteiger partial charge in [0.1, 0.15) is 0 Å². The lowest BCUT2D eigenvalue weighted by atomic mass is 9.72. The standard InChI is InChI=1S/C14H14BrNO3/c1-18-11-7-10(14(16-8-17)4-2-5-14)12(15)9-3-6-19-13(9)11/h7H,2-6H2,1H3. The van der Waals surface area contributed by atoms with Gasteiger partial charge in [0.15, 0.2) is 11.5 Å². The van der Waals surface area contributed by atoms with E-state index in [9.17, 15) is 4.79 Å². The average Bonchev–Trinajstić information content (AvgIpc) is 2.85. The van der Waals surface area contributed by atoms with Gasteiger partial charge in [-0.2, -0.15) is 4.99 Å². The van der Waals surface area contributed by atoms with E-state index in [4.69, 9.17) is 9.47 Å². The summed E-state index contributed by atoms with van der Waals surface area (Å²) in [7, 11) is 1.63. The van der Waals surface area contributed by atoms with Gasteiger partial charge in [0, 0.05) is 16.5 Å². The highest BCUT2D eigenvalue weighted by Gasteiger charge is 2.42. The number of carbonyl (C=O) groups excluding carboxylic acids is 1. The first-order valence-corrected chi connectivity index (χ1v) is 7.13. The molecular weight excluding hydrogens is 310 g/mol. The van der Waals surface area contributed by atoms with Crippen molar-refractivity contribution in [1.82, 2.24) is 0 Å². The zero-order valence-electron chi connectivity index (χ0n) is 10.7. The fourth-order valence-electron chi connectivity index (χ4n) is 2.84. The minimum atomic E-state index is -0.425. The minimum Gasteiger partial charge on any atom is -0.493 e. The van der Waals surface area contributed by atoms with E-state index < -0.39 is 5.54 Å². The molecule has 100 valence electrons. The third-order valence-electron chi connectivity index (χ3n) is 4.03. The zero-order valence-corrected chi connectivity index (χ0v) is 12.2. The molecule has 1 aromatic rings. The Labute approximate surface area is 119 Å². The summed E-state index contributed by atoms with van der Waals surface area (Å²) in [4.78, 5) is 14.8. The number of hydrogen-bond donors (Lipinski definition) is 0. The topological polar surface area (TPSA) is 47.9 Å². The Balaban J connectivity index is 2.19. The van der Waals surface area contributed by atoms with Gasteiger partial charge >= 0.3 is 0 Å². The van der Waals surface area contributed by atoms with Crippen molar-refractivity contribution >= 4 is 22.0 Å². The van der Waals surface area contributed by atoms with Gasteiger partial charge in [-0.3, -0.25) is 0 Å². The normalized spacial score (nSPS) is 18.8. The lowest BCUT2D eigenvalue weighted by molar-refractivity contribution is 0.253. The lowest BCUT2D eigenvalue weighted by Gasteiger charge is -2.38. The number of benzene rings is 1. The Morgan fingerprint density at radius 1 is 1.53 bits per heavy atom. The first kappa shape index (κ1) is 12.7. The number of isocyanates is 1. The van der Waals surface area contributed by atoms with E-state index in [1.54, 1.807) is 13.2 Å². The van der Waals surface area contributed by atoms with Gasteiger partial charge in [-0.05, 0) is 46.8 Å². The molecule has 2 aliphatic rings. The summed E-state index contributed by atoms with van der Waals surface area (Å²) in [5.74, 6) is 1.53. The molecule has 0 atom stereocenters. The number of fused-ring (bicyclic) bond motifs is 1. The summed E-state index contributed by atoms with van der Waals surface area (Å²) in [5, 5.41) is 0. The maximum atomic E-state index is 10.7. The second kappa shape index (κ2) is 4.66. The monoisotopic (exact) mass is 323 g/mol. The van der Waals surface area contributed by atoms with Gasteiger partial charge in [0.25, 0.3) is 0 Å². The minimum absolute atomic E-state index is 0.425. The molecule has 1 saturated carbocycles. The Morgan fingerprint density at radius 2 is 2.32 bits per heavy atom. The van der Waals surface area contributed by atoms with E-state index in [2.05, 4.69) is 20.9 Å². The molecule has 19 heavy (non-hydrogen) atoms. The summed E-state index contributed by atoms with van der Waals surface area (Å²) in [6, 6.07) is 1.94. The van der Waals surface area contributed by atoms with Crippen LogP contribution in [0.3, 0.4) is 0 Å². The van der Waals surface area contributed by atoms with Crippen molar-refractivity contribution in [1.29, 1.82) is 0 Å². The SMILES string of the molecule is COc1cc(C2(N=C=O)CCC2)c(Br)c2c1OCC2. The molecular formula is C14H14BrNO3. The van der Waals surface area contributed by atoms with Crippen molar-refractivity contribution in [3.63, 3.8) is 0 Å². The van der Waals surface area contributed by atoms with E-state index in [1.165, 1.54) is 0 Å². The highest BCUT2D eigenvalue weighted by Crippen LogP contribution is 2.52. The smallest absolute Gasteiger partial charge is 0.235 e. The largest absolute Gasteiger partial charge is 0.493 e. The number of halogens is 1. The molecule has 0 spiro atoms. The van der Waals surface area contributed by atoms with Crippen molar-refractivity contribution in [3.05, 3.63) is 21.7 Å². The van der Waals surface area contributed by atoms with Crippen LogP contribution in [0.1, 0.15) is 30.4 Å². The second-order valence-electron chi connectivity index (χ2n) is 4.93. The van der Waals surface area contributed by atoms with E-state index in [1.807, 2.05) is 6.07 Å². The zero-order chi connectivity index (χ0) is 13.5. The van der Waals surface area contributed by atoms with Crippen LogP contribution in [-0.2, 0) is 16.8 Å². The quantitative estimate of drug-likeness (QED) is 0.634. The van der Waals surface area contributed by atoms with Gasteiger partial charge in [0.05, 0.1) is 19.3 Å². The van der Waals surface area contributed by atoms with E-state index >= 15 is 0 Å². The Hall–Kier alpha value is -1.32. The van der Waals surface area contributed by atoms with Gasteiger partial charge in [-0.15, -0.1) is 0 Å². The number of ether oxygens (including phenoxy) is 2. The average molecular weight is 324 g/mol. The summed E-state index contributed by atoms with van der Waals surface area (Å²) in [5.41, 5.74) is 1.70. The fourth-order valence-corrected chi connectivity index (χ4v) is 3.70. The molecule has 0 aromatic heterocycles. The second-order valence-corrected chi connectivity index (χ2v) is 5.73. The molecule has 5 heteroatoms. The van der Waals surface area contributed by atoms with Gasteiger partial charge in [-0.25, -0.2) is 4.79 Å². The number of aliphatic imine (C=N–C) groups is 1. The van der Waals surface area contributed by atoms with Gasteiger partial charge in [-0.1, -0.05) is 0 Å². The third kappa shape index (κ3) is 1.80. The Kier molecular flexibility index (Phi) is 3.11. The summed E-state index contributed by atoms with van der Waals surface area (Å²) >= 11 is 3.65. The van der Waals surface area contributed by atoms with Crippen LogP contribution in [0.25, 0.3) is 0 Å². The van der Waals surface area contributed by atoms with E-state index in [0.717, 1.165) is 52.8 Å². The van der Waals surface area contributed by atoms with Crippen LogP contribution in [-0.4, -0.2) is 19.8 Å². The molecule has 1 aliphatic carbocycles. The Bertz CT molecular complexity index is 575. The van der Waals surface area contributed by atoms with Crippen LogP contribution in [0.4, 0.5) is 0 Å². The van der Waals surface area contributed by atoms with Crippen LogP contribution >= 0.6 is 15.9 Å². The maximum absolute atomic E-state index is 10.7. The third-order valence-corrected chi connectivity index (χ3v) is 4.94. The summed E-state index contributed by atoms with van der Waals surface area (Å²) in [6.07, 6.45) is 5.41. The molecule has 0 N–H and O–H groups in total. The number of nitrogens with zero attached hydrogens (tertiary/aromatic N) is 1. The number of methoxy groups -OCH3 is 1. The number of hydrogen-bond acceptors (Lipinski definition) is 4. The summed E-state index contributed by atoms with van der Waals surface area (Å²) < 4.78 is 12.0. The molecule has 4 nitrogen and oxygen atoms in total. The predicted octanol–water partition coefficient (Wildman–Crippen LogP) is 3.11. The molecule has 0 bridgehead atoms. The van der Waals surface area contributed by atoms with Crippen molar-refractivity contribution < 1.29 is 14.3 Å². The molecule has 0 unspecified atom stereocenters. The molecule has 0 radical (unpaired) electrons. The van der Waals surface area contributed by atoms with Crippen molar-refractivity contribution in [2.24, 2.45) is 4.99 Å².